The number of carbonyl (C=O) groups is 2. The van der Waals surface area contributed by atoms with Crippen LogP contribution in [0.3, 0.4) is 0 Å². The highest BCUT2D eigenvalue weighted by Gasteiger charge is 2.22. The maximum Gasteiger partial charge on any atom is 0.305 e. The van der Waals surface area contributed by atoms with Crippen molar-refractivity contribution in [3.05, 3.63) is 83.0 Å². The molecule has 1 aromatic heterocycles. The Hall–Kier alpha value is -3.38. The summed E-state index contributed by atoms with van der Waals surface area (Å²) in [7, 11) is 1.53. The summed E-state index contributed by atoms with van der Waals surface area (Å²) in [6.45, 7) is 0. The SMILES string of the molecule is COc1ccc(C(=O)NC(CC(=O)O)c2ccccc2Cl)nc1-c1ccccc1. The van der Waals surface area contributed by atoms with E-state index in [9.17, 15) is 14.7 Å². The van der Waals surface area contributed by atoms with Gasteiger partial charge in [0.2, 0.25) is 0 Å². The van der Waals surface area contributed by atoms with Crippen LogP contribution in [0.4, 0.5) is 0 Å². The lowest BCUT2D eigenvalue weighted by Gasteiger charge is -2.19. The Kier molecular flexibility index (Phi) is 6.46. The smallest absolute Gasteiger partial charge is 0.305 e. The van der Waals surface area contributed by atoms with Crippen LogP contribution in [-0.4, -0.2) is 29.1 Å². The molecule has 0 bridgehead atoms. The summed E-state index contributed by atoms with van der Waals surface area (Å²) in [6, 6.07) is 18.6. The van der Waals surface area contributed by atoms with E-state index in [0.717, 1.165) is 5.56 Å². The van der Waals surface area contributed by atoms with Crippen molar-refractivity contribution in [2.45, 2.75) is 12.5 Å². The first-order valence-corrected chi connectivity index (χ1v) is 9.25. The highest BCUT2D eigenvalue weighted by atomic mass is 35.5. The molecule has 0 fully saturated rings. The highest BCUT2D eigenvalue weighted by Crippen LogP contribution is 2.29. The fraction of sp³-hybridized carbons (Fsp3) is 0.136. The van der Waals surface area contributed by atoms with Crippen LogP contribution in [0.1, 0.15) is 28.5 Å². The standard InChI is InChI=1S/C22H19ClN2O4/c1-29-19-12-11-17(24-21(19)14-7-3-2-4-8-14)22(28)25-18(13-20(26)27)15-9-5-6-10-16(15)23/h2-12,18H,13H2,1H3,(H,25,28)(H,26,27). The van der Waals surface area contributed by atoms with Gasteiger partial charge in [0.1, 0.15) is 17.1 Å². The van der Waals surface area contributed by atoms with Crippen molar-refractivity contribution in [1.29, 1.82) is 0 Å². The number of aromatic nitrogens is 1. The Bertz CT molecular complexity index is 1020. The van der Waals surface area contributed by atoms with Crippen LogP contribution in [0.15, 0.2) is 66.7 Å². The number of carboxylic acid groups (broad SMARTS) is 1. The summed E-state index contributed by atoms with van der Waals surface area (Å²) in [5.74, 6) is -1.03. The average Bonchev–Trinajstić information content (AvgIpc) is 2.73. The van der Waals surface area contributed by atoms with E-state index in [1.165, 1.54) is 13.2 Å². The molecule has 1 amide bonds. The van der Waals surface area contributed by atoms with Gasteiger partial charge in [0.15, 0.2) is 0 Å². The minimum Gasteiger partial charge on any atom is -0.494 e. The monoisotopic (exact) mass is 410 g/mol. The molecule has 2 aromatic carbocycles. The zero-order chi connectivity index (χ0) is 20.8. The quantitative estimate of drug-likeness (QED) is 0.604. The molecular weight excluding hydrogens is 392 g/mol. The van der Waals surface area contributed by atoms with Crippen LogP contribution >= 0.6 is 11.6 Å². The van der Waals surface area contributed by atoms with Crippen LogP contribution in [0, 0.1) is 0 Å². The second kappa shape index (κ2) is 9.21. The van der Waals surface area contributed by atoms with Crippen LogP contribution in [0.5, 0.6) is 5.75 Å². The molecule has 148 valence electrons. The van der Waals surface area contributed by atoms with Gasteiger partial charge in [-0.25, -0.2) is 4.98 Å². The van der Waals surface area contributed by atoms with Gasteiger partial charge in [-0.2, -0.15) is 0 Å². The topological polar surface area (TPSA) is 88.5 Å². The van der Waals surface area contributed by atoms with Gasteiger partial charge in [-0.15, -0.1) is 0 Å². The first-order chi connectivity index (χ1) is 14.0. The Morgan fingerprint density at radius 3 is 2.41 bits per heavy atom. The maximum absolute atomic E-state index is 12.9. The lowest BCUT2D eigenvalue weighted by Crippen LogP contribution is -2.31. The number of aliphatic carboxylic acids is 1. The highest BCUT2D eigenvalue weighted by molar-refractivity contribution is 6.31. The lowest BCUT2D eigenvalue weighted by molar-refractivity contribution is -0.137. The number of hydrogen-bond donors (Lipinski definition) is 2. The summed E-state index contributed by atoms with van der Waals surface area (Å²) < 4.78 is 5.36. The number of benzene rings is 2. The summed E-state index contributed by atoms with van der Waals surface area (Å²) in [4.78, 5) is 28.6. The van der Waals surface area contributed by atoms with E-state index in [2.05, 4.69) is 10.3 Å². The van der Waals surface area contributed by atoms with E-state index < -0.39 is 17.9 Å². The fourth-order valence-electron chi connectivity index (χ4n) is 2.94. The van der Waals surface area contributed by atoms with Crippen molar-refractivity contribution in [2.24, 2.45) is 0 Å². The second-order valence-corrected chi connectivity index (χ2v) is 6.67. The third-order valence-corrected chi connectivity index (χ3v) is 4.67. The molecule has 0 saturated heterocycles. The first-order valence-electron chi connectivity index (χ1n) is 8.87. The molecule has 0 saturated carbocycles. The van der Waals surface area contributed by atoms with Crippen molar-refractivity contribution in [2.75, 3.05) is 7.11 Å². The van der Waals surface area contributed by atoms with Gasteiger partial charge in [0.25, 0.3) is 5.91 Å². The number of rotatable bonds is 7. The molecule has 0 aliphatic heterocycles. The van der Waals surface area contributed by atoms with Crippen molar-refractivity contribution in [3.8, 4) is 17.0 Å². The summed E-state index contributed by atoms with van der Waals surface area (Å²) in [5, 5.41) is 12.4. The molecule has 2 N–H and O–H groups in total. The number of carbonyl (C=O) groups excluding carboxylic acids is 1. The number of methoxy groups -OCH3 is 1. The van der Waals surface area contributed by atoms with Crippen molar-refractivity contribution < 1.29 is 19.4 Å². The summed E-state index contributed by atoms with van der Waals surface area (Å²) in [5.41, 5.74) is 1.99. The number of halogens is 1. The molecule has 1 atom stereocenters. The van der Waals surface area contributed by atoms with Gasteiger partial charge >= 0.3 is 5.97 Å². The molecule has 6 nitrogen and oxygen atoms in total. The first kappa shape index (κ1) is 20.4. The normalized spacial score (nSPS) is 11.5. The Morgan fingerprint density at radius 1 is 1.07 bits per heavy atom. The Morgan fingerprint density at radius 2 is 1.76 bits per heavy atom. The predicted octanol–water partition coefficient (Wildman–Crippen LogP) is 4.36. The average molecular weight is 411 g/mol. The second-order valence-electron chi connectivity index (χ2n) is 6.26. The molecule has 3 aromatic rings. The third-order valence-electron chi connectivity index (χ3n) is 4.32. The summed E-state index contributed by atoms with van der Waals surface area (Å²) in [6.07, 6.45) is -0.308. The van der Waals surface area contributed by atoms with Gasteiger partial charge in [-0.1, -0.05) is 60.1 Å². The molecule has 1 heterocycles. The van der Waals surface area contributed by atoms with Crippen LogP contribution in [-0.2, 0) is 4.79 Å². The molecule has 3 rings (SSSR count). The minimum absolute atomic E-state index is 0.145. The molecule has 0 spiro atoms. The maximum atomic E-state index is 12.9. The van der Waals surface area contributed by atoms with Gasteiger partial charge in [-0.3, -0.25) is 9.59 Å². The van der Waals surface area contributed by atoms with Gasteiger partial charge < -0.3 is 15.2 Å². The van der Waals surface area contributed by atoms with E-state index in [1.54, 1.807) is 30.3 Å². The number of carboxylic acids is 1. The van der Waals surface area contributed by atoms with Crippen LogP contribution < -0.4 is 10.1 Å². The van der Waals surface area contributed by atoms with Crippen LogP contribution in [0.2, 0.25) is 5.02 Å². The van der Waals surface area contributed by atoms with E-state index in [0.29, 0.717) is 22.0 Å². The lowest BCUT2D eigenvalue weighted by atomic mass is 10.0. The molecule has 1 unspecified atom stereocenters. The van der Waals surface area contributed by atoms with Crippen LogP contribution in [0.25, 0.3) is 11.3 Å². The Labute approximate surface area is 173 Å². The molecule has 0 aliphatic carbocycles. The molecule has 0 radical (unpaired) electrons. The third kappa shape index (κ3) is 4.92. The minimum atomic E-state index is -1.05. The number of amides is 1. The zero-order valence-corrected chi connectivity index (χ0v) is 16.4. The number of pyridine rings is 1. The number of nitrogens with zero attached hydrogens (tertiary/aromatic N) is 1. The van der Waals surface area contributed by atoms with E-state index in [-0.39, 0.29) is 12.1 Å². The van der Waals surface area contributed by atoms with Crippen molar-refractivity contribution in [1.82, 2.24) is 10.3 Å². The molecule has 7 heteroatoms. The van der Waals surface area contributed by atoms with Gasteiger partial charge in [-0.05, 0) is 23.8 Å². The zero-order valence-electron chi connectivity index (χ0n) is 15.6. The molecule has 29 heavy (non-hydrogen) atoms. The molecule has 0 aliphatic rings. The van der Waals surface area contributed by atoms with Crippen molar-refractivity contribution in [3.63, 3.8) is 0 Å². The predicted molar refractivity (Wildman–Crippen MR) is 110 cm³/mol. The fourth-order valence-corrected chi connectivity index (χ4v) is 3.21. The largest absolute Gasteiger partial charge is 0.494 e. The van der Waals surface area contributed by atoms with E-state index in [1.807, 2.05) is 30.3 Å². The Balaban J connectivity index is 1.92. The van der Waals surface area contributed by atoms with E-state index in [4.69, 9.17) is 16.3 Å². The number of ether oxygens (including phenoxy) is 1. The van der Waals surface area contributed by atoms with E-state index >= 15 is 0 Å². The van der Waals surface area contributed by atoms with Gasteiger partial charge in [0.05, 0.1) is 19.6 Å². The number of hydrogen-bond acceptors (Lipinski definition) is 4. The van der Waals surface area contributed by atoms with Crippen molar-refractivity contribution >= 4 is 23.5 Å². The van der Waals surface area contributed by atoms with Gasteiger partial charge in [0, 0.05) is 10.6 Å². The summed E-state index contributed by atoms with van der Waals surface area (Å²) >= 11 is 6.20. The molecular formula is C22H19ClN2O4. The number of nitrogens with one attached hydrogen (secondary N) is 1.